The predicted octanol–water partition coefficient (Wildman–Crippen LogP) is 3.72. The van der Waals surface area contributed by atoms with Crippen LogP contribution in [0.25, 0.3) is 0 Å². The number of methoxy groups -OCH3 is 1. The Hall–Kier alpha value is -3.58. The highest BCUT2D eigenvalue weighted by atomic mass is 35.5. The van der Waals surface area contributed by atoms with Gasteiger partial charge in [-0.15, -0.1) is 0 Å². The van der Waals surface area contributed by atoms with Crippen LogP contribution in [0.1, 0.15) is 28.4 Å². The molecular formula is C23H22ClN3O4. The number of carbonyl (C=O) groups is 1. The van der Waals surface area contributed by atoms with Crippen LogP contribution in [0.3, 0.4) is 0 Å². The summed E-state index contributed by atoms with van der Waals surface area (Å²) < 4.78 is 12.4. The van der Waals surface area contributed by atoms with Crippen LogP contribution in [-0.4, -0.2) is 30.4 Å². The van der Waals surface area contributed by atoms with Crippen LogP contribution in [0, 0.1) is 0 Å². The average molecular weight is 440 g/mol. The summed E-state index contributed by atoms with van der Waals surface area (Å²) in [5, 5.41) is 4.59. The Morgan fingerprint density at radius 3 is 2.65 bits per heavy atom. The SMILES string of the molecule is CCOc1c(/C=N\NC(=O)c2cccn(Cc3ccc(Cl)cc3)c2=O)cccc1OC. The van der Waals surface area contributed by atoms with Crippen molar-refractivity contribution in [3.63, 3.8) is 0 Å². The topological polar surface area (TPSA) is 81.9 Å². The van der Waals surface area contributed by atoms with Crippen LogP contribution in [-0.2, 0) is 6.54 Å². The van der Waals surface area contributed by atoms with Gasteiger partial charge in [0.2, 0.25) is 0 Å². The molecule has 31 heavy (non-hydrogen) atoms. The second-order valence-electron chi connectivity index (χ2n) is 6.49. The third-order valence-electron chi connectivity index (χ3n) is 4.42. The first-order valence-corrected chi connectivity index (χ1v) is 9.98. The Morgan fingerprint density at radius 1 is 1.16 bits per heavy atom. The van der Waals surface area contributed by atoms with Gasteiger partial charge in [0.05, 0.1) is 26.5 Å². The zero-order valence-electron chi connectivity index (χ0n) is 17.2. The van der Waals surface area contributed by atoms with Crippen molar-refractivity contribution < 1.29 is 14.3 Å². The quantitative estimate of drug-likeness (QED) is 0.428. The standard InChI is InChI=1S/C23H22ClN3O4/c1-3-31-21-17(6-4-8-20(21)30-2)14-25-26-22(28)19-7-5-13-27(23(19)29)15-16-9-11-18(24)12-10-16/h4-14H,3,15H2,1-2H3,(H,26,28)/b25-14-. The van der Waals surface area contributed by atoms with Gasteiger partial charge >= 0.3 is 0 Å². The lowest BCUT2D eigenvalue weighted by atomic mass is 10.2. The highest BCUT2D eigenvalue weighted by Crippen LogP contribution is 2.29. The number of pyridine rings is 1. The number of benzene rings is 2. The van der Waals surface area contributed by atoms with Gasteiger partial charge in [0.1, 0.15) is 5.56 Å². The first kappa shape index (κ1) is 22.1. The zero-order valence-corrected chi connectivity index (χ0v) is 17.9. The van der Waals surface area contributed by atoms with E-state index < -0.39 is 11.5 Å². The molecule has 0 saturated heterocycles. The van der Waals surface area contributed by atoms with Gasteiger partial charge in [0.25, 0.3) is 11.5 Å². The van der Waals surface area contributed by atoms with Gasteiger partial charge in [-0.3, -0.25) is 9.59 Å². The summed E-state index contributed by atoms with van der Waals surface area (Å²) in [6, 6.07) is 15.6. The third-order valence-corrected chi connectivity index (χ3v) is 4.67. The fourth-order valence-electron chi connectivity index (χ4n) is 2.94. The number of ether oxygens (including phenoxy) is 2. The lowest BCUT2D eigenvalue weighted by molar-refractivity contribution is 0.0953. The smallest absolute Gasteiger partial charge is 0.276 e. The minimum Gasteiger partial charge on any atom is -0.493 e. The van der Waals surface area contributed by atoms with E-state index in [0.29, 0.717) is 35.2 Å². The van der Waals surface area contributed by atoms with Crippen LogP contribution in [0.15, 0.2) is 70.7 Å². The highest BCUT2D eigenvalue weighted by molar-refractivity contribution is 6.30. The number of amides is 1. The first-order valence-electron chi connectivity index (χ1n) is 9.60. The minimum absolute atomic E-state index is 0.00992. The number of hydrazone groups is 1. The van der Waals surface area contributed by atoms with Crippen LogP contribution in [0.4, 0.5) is 0 Å². The molecule has 0 atom stereocenters. The van der Waals surface area contributed by atoms with Crippen LogP contribution < -0.4 is 20.5 Å². The van der Waals surface area contributed by atoms with Crippen LogP contribution in [0.2, 0.25) is 5.02 Å². The molecule has 0 bridgehead atoms. The van der Waals surface area contributed by atoms with E-state index in [0.717, 1.165) is 5.56 Å². The second-order valence-corrected chi connectivity index (χ2v) is 6.93. The molecule has 1 heterocycles. The Balaban J connectivity index is 1.76. The van der Waals surface area contributed by atoms with E-state index in [2.05, 4.69) is 10.5 Å². The van der Waals surface area contributed by atoms with Crippen molar-refractivity contribution in [2.75, 3.05) is 13.7 Å². The van der Waals surface area contributed by atoms with Crippen molar-refractivity contribution in [2.45, 2.75) is 13.5 Å². The lowest BCUT2D eigenvalue weighted by Gasteiger charge is -2.11. The number of hydrogen-bond donors (Lipinski definition) is 1. The number of nitrogens with one attached hydrogen (secondary N) is 1. The monoisotopic (exact) mass is 439 g/mol. The second kappa shape index (κ2) is 10.4. The maximum atomic E-state index is 12.7. The summed E-state index contributed by atoms with van der Waals surface area (Å²) in [7, 11) is 1.55. The summed E-state index contributed by atoms with van der Waals surface area (Å²) in [5.74, 6) is 0.480. The molecule has 7 nitrogen and oxygen atoms in total. The van der Waals surface area contributed by atoms with Crippen molar-refractivity contribution in [1.82, 2.24) is 9.99 Å². The summed E-state index contributed by atoms with van der Waals surface area (Å²) in [5.41, 5.74) is 3.50. The normalized spacial score (nSPS) is 10.8. The number of halogens is 1. The van der Waals surface area contributed by atoms with E-state index >= 15 is 0 Å². The van der Waals surface area contributed by atoms with Crippen molar-refractivity contribution in [3.05, 3.63) is 92.9 Å². The number of rotatable bonds is 8. The number of carbonyl (C=O) groups excluding carboxylic acids is 1. The third kappa shape index (κ3) is 5.52. The molecule has 8 heteroatoms. The van der Waals surface area contributed by atoms with Gasteiger partial charge in [-0.2, -0.15) is 5.10 Å². The summed E-state index contributed by atoms with van der Waals surface area (Å²) in [6.45, 7) is 2.63. The Bertz CT molecular complexity index is 1140. The fourth-order valence-corrected chi connectivity index (χ4v) is 3.06. The van der Waals surface area contributed by atoms with Gasteiger partial charge in [-0.25, -0.2) is 5.43 Å². The molecule has 1 aromatic heterocycles. The largest absolute Gasteiger partial charge is 0.493 e. The molecule has 3 aromatic rings. The van der Waals surface area contributed by atoms with Gasteiger partial charge < -0.3 is 14.0 Å². The van der Waals surface area contributed by atoms with Crippen molar-refractivity contribution in [2.24, 2.45) is 5.10 Å². The van der Waals surface area contributed by atoms with Gasteiger partial charge in [0.15, 0.2) is 11.5 Å². The maximum Gasteiger partial charge on any atom is 0.276 e. The van der Waals surface area contributed by atoms with Gasteiger partial charge in [-0.1, -0.05) is 29.8 Å². The molecule has 0 radical (unpaired) electrons. The zero-order chi connectivity index (χ0) is 22.2. The van der Waals surface area contributed by atoms with Crippen molar-refractivity contribution >= 4 is 23.7 Å². The van der Waals surface area contributed by atoms with E-state index in [-0.39, 0.29) is 5.56 Å². The van der Waals surface area contributed by atoms with Gasteiger partial charge in [0, 0.05) is 16.8 Å². The Morgan fingerprint density at radius 2 is 1.94 bits per heavy atom. The average Bonchev–Trinajstić information content (AvgIpc) is 2.77. The van der Waals surface area contributed by atoms with E-state index in [4.69, 9.17) is 21.1 Å². The highest BCUT2D eigenvalue weighted by Gasteiger charge is 2.12. The number of para-hydroxylation sites is 1. The predicted molar refractivity (Wildman–Crippen MR) is 120 cm³/mol. The molecule has 1 N–H and O–H groups in total. The molecule has 0 fully saturated rings. The Kier molecular flexibility index (Phi) is 7.45. The molecule has 0 spiro atoms. The first-order chi connectivity index (χ1) is 15.0. The molecule has 0 unspecified atom stereocenters. The van der Waals surface area contributed by atoms with Crippen molar-refractivity contribution in [3.8, 4) is 11.5 Å². The van der Waals surface area contributed by atoms with E-state index in [1.54, 1.807) is 49.7 Å². The maximum absolute atomic E-state index is 12.7. The summed E-state index contributed by atoms with van der Waals surface area (Å²) in [4.78, 5) is 25.3. The van der Waals surface area contributed by atoms with E-state index in [9.17, 15) is 9.59 Å². The van der Waals surface area contributed by atoms with E-state index in [1.807, 2.05) is 19.1 Å². The lowest BCUT2D eigenvalue weighted by Crippen LogP contribution is -2.30. The van der Waals surface area contributed by atoms with Gasteiger partial charge in [-0.05, 0) is 48.9 Å². The molecule has 3 rings (SSSR count). The molecule has 0 saturated carbocycles. The summed E-state index contributed by atoms with van der Waals surface area (Å²) >= 11 is 5.90. The molecule has 1 amide bonds. The molecule has 2 aromatic carbocycles. The number of nitrogens with zero attached hydrogens (tertiary/aromatic N) is 2. The molecule has 160 valence electrons. The molecule has 0 aliphatic rings. The molecule has 0 aliphatic carbocycles. The van der Waals surface area contributed by atoms with Crippen LogP contribution >= 0.6 is 11.6 Å². The van der Waals surface area contributed by atoms with Crippen LogP contribution in [0.5, 0.6) is 11.5 Å². The number of aromatic nitrogens is 1. The Labute approximate surface area is 184 Å². The minimum atomic E-state index is -0.604. The van der Waals surface area contributed by atoms with E-state index in [1.165, 1.54) is 16.8 Å². The van der Waals surface area contributed by atoms with Crippen molar-refractivity contribution in [1.29, 1.82) is 0 Å². The summed E-state index contributed by atoms with van der Waals surface area (Å²) in [6.07, 6.45) is 3.07. The molecule has 0 aliphatic heterocycles. The number of hydrogen-bond acceptors (Lipinski definition) is 5. The fraction of sp³-hybridized carbons (Fsp3) is 0.174. The molecular weight excluding hydrogens is 418 g/mol.